The highest BCUT2D eigenvalue weighted by atomic mass is 19.2. The minimum Gasteiger partial charge on any atom is -0.481 e. The zero-order valence-corrected chi connectivity index (χ0v) is 36.8. The van der Waals surface area contributed by atoms with E-state index in [0.29, 0.717) is 25.8 Å². The number of carboxylic acid groups (broad SMARTS) is 2. The number of aliphatic carboxylic acids is 2. The Morgan fingerprint density at radius 3 is 1.49 bits per heavy atom. The maximum atomic E-state index is 13.6. The standard InChI is InChI=1S/C44H69F5N2O12/c1-2-3-4-5-6-7-11-14-17-24-51(35(53)18-15-12-9-8-10-13-16-19-36(54)55)33(44(57)58)20-21-34(52)50-23-26-60-28-30-62-32-31-61-29-27-59-25-22-37(56)63-43-41(48)39(46)38(45)40(47)42(43)49/h33H,2-32H2,1H3,(H,50,52)(H,54,55)(H,57,58)/t33-/m0/s1. The van der Waals surface area contributed by atoms with E-state index < -0.39 is 65.2 Å². The second-order valence-corrected chi connectivity index (χ2v) is 15.1. The monoisotopic (exact) mass is 912 g/mol. The average molecular weight is 913 g/mol. The van der Waals surface area contributed by atoms with E-state index in [4.69, 9.17) is 24.1 Å². The van der Waals surface area contributed by atoms with E-state index in [1.54, 1.807) is 0 Å². The summed E-state index contributed by atoms with van der Waals surface area (Å²) in [4.78, 5) is 62.2. The zero-order valence-electron chi connectivity index (χ0n) is 36.8. The molecule has 362 valence electrons. The molecule has 2 amide bonds. The molecule has 19 heteroatoms. The van der Waals surface area contributed by atoms with Crippen molar-refractivity contribution in [2.45, 2.75) is 148 Å². The van der Waals surface area contributed by atoms with Crippen LogP contribution in [0.5, 0.6) is 5.75 Å². The number of nitrogens with one attached hydrogen (secondary N) is 1. The van der Waals surface area contributed by atoms with Crippen molar-refractivity contribution in [1.29, 1.82) is 0 Å². The Kier molecular flexibility index (Phi) is 33.0. The normalized spacial score (nSPS) is 11.7. The average Bonchev–Trinajstić information content (AvgIpc) is 3.25. The van der Waals surface area contributed by atoms with Crippen LogP contribution in [0, 0.1) is 29.1 Å². The number of amides is 2. The number of halogens is 5. The molecule has 1 atom stereocenters. The molecule has 0 fully saturated rings. The van der Waals surface area contributed by atoms with Gasteiger partial charge in [0.25, 0.3) is 0 Å². The van der Waals surface area contributed by atoms with Crippen molar-refractivity contribution in [2.75, 3.05) is 65.9 Å². The first-order valence-corrected chi connectivity index (χ1v) is 22.4. The number of hydrogen-bond donors (Lipinski definition) is 3. The molecule has 0 aliphatic rings. The van der Waals surface area contributed by atoms with Gasteiger partial charge in [0.05, 0.1) is 59.3 Å². The first-order valence-electron chi connectivity index (χ1n) is 22.4. The summed E-state index contributed by atoms with van der Waals surface area (Å²) < 4.78 is 92.4. The smallest absolute Gasteiger partial charge is 0.326 e. The minimum absolute atomic E-state index is 0.0196. The summed E-state index contributed by atoms with van der Waals surface area (Å²) in [5, 5.41) is 21.6. The third-order valence-electron chi connectivity index (χ3n) is 9.93. The Hall–Kier alpha value is -3.94. The molecule has 63 heavy (non-hydrogen) atoms. The largest absolute Gasteiger partial charge is 0.481 e. The van der Waals surface area contributed by atoms with Crippen LogP contribution in [-0.4, -0.2) is 117 Å². The Bertz CT molecular complexity index is 1450. The van der Waals surface area contributed by atoms with Gasteiger partial charge in [0.2, 0.25) is 46.6 Å². The summed E-state index contributed by atoms with van der Waals surface area (Å²) in [5.74, 6) is -16.8. The second-order valence-electron chi connectivity index (χ2n) is 15.1. The predicted molar refractivity (Wildman–Crippen MR) is 222 cm³/mol. The van der Waals surface area contributed by atoms with Crippen LogP contribution < -0.4 is 10.1 Å². The molecule has 0 heterocycles. The zero-order chi connectivity index (χ0) is 46.7. The SMILES string of the molecule is CCCCCCCCCCCN(C(=O)CCCCCCCCCC(=O)O)[C@@H](CCC(=O)NCCOCCOCCOCCOCCC(=O)Oc1c(F)c(F)c(F)c(F)c1F)C(=O)O. The number of unbranched alkanes of at least 4 members (excludes halogenated alkanes) is 14. The molecule has 3 N–H and O–H groups in total. The number of carboxylic acids is 2. The molecule has 1 aromatic carbocycles. The van der Waals surface area contributed by atoms with Crippen molar-refractivity contribution >= 4 is 29.7 Å². The number of ether oxygens (including phenoxy) is 5. The van der Waals surface area contributed by atoms with Crippen molar-refractivity contribution < 1.29 is 79.8 Å². The van der Waals surface area contributed by atoms with Crippen LogP contribution in [0.2, 0.25) is 0 Å². The highest BCUT2D eigenvalue weighted by Crippen LogP contribution is 2.29. The maximum Gasteiger partial charge on any atom is 0.326 e. The molecule has 1 rings (SSSR count). The van der Waals surface area contributed by atoms with E-state index in [1.165, 1.54) is 37.0 Å². The summed E-state index contributed by atoms with van der Waals surface area (Å²) >= 11 is 0. The van der Waals surface area contributed by atoms with Crippen molar-refractivity contribution in [1.82, 2.24) is 10.2 Å². The topological polar surface area (TPSA) is 187 Å². The van der Waals surface area contributed by atoms with Crippen LogP contribution >= 0.6 is 0 Å². The Labute approximate surface area is 367 Å². The van der Waals surface area contributed by atoms with Gasteiger partial charge in [0.1, 0.15) is 6.04 Å². The van der Waals surface area contributed by atoms with Gasteiger partial charge in [0.15, 0.2) is 0 Å². The van der Waals surface area contributed by atoms with Crippen molar-refractivity contribution in [3.8, 4) is 5.75 Å². The van der Waals surface area contributed by atoms with Crippen LogP contribution in [0.1, 0.15) is 142 Å². The summed E-state index contributed by atoms with van der Waals surface area (Å²) in [6.45, 7) is 3.61. The quantitative estimate of drug-likeness (QED) is 0.0144. The molecule has 0 radical (unpaired) electrons. The first-order chi connectivity index (χ1) is 30.3. The molecule has 0 aromatic heterocycles. The molecule has 0 spiro atoms. The van der Waals surface area contributed by atoms with Gasteiger partial charge in [-0.15, -0.1) is 0 Å². The summed E-state index contributed by atoms with van der Waals surface area (Å²) in [6.07, 6.45) is 15.3. The van der Waals surface area contributed by atoms with E-state index in [9.17, 15) is 51.0 Å². The minimum atomic E-state index is -2.37. The fraction of sp³-hybridized carbons (Fsp3) is 0.750. The van der Waals surface area contributed by atoms with Crippen LogP contribution in [0.3, 0.4) is 0 Å². The maximum absolute atomic E-state index is 13.6. The Morgan fingerprint density at radius 2 is 0.984 bits per heavy atom. The Morgan fingerprint density at radius 1 is 0.540 bits per heavy atom. The highest BCUT2D eigenvalue weighted by Gasteiger charge is 2.30. The van der Waals surface area contributed by atoms with E-state index in [0.717, 1.165) is 51.4 Å². The van der Waals surface area contributed by atoms with Gasteiger partial charge >= 0.3 is 17.9 Å². The van der Waals surface area contributed by atoms with Gasteiger partial charge in [0, 0.05) is 32.4 Å². The fourth-order valence-electron chi connectivity index (χ4n) is 6.42. The van der Waals surface area contributed by atoms with Gasteiger partial charge in [-0.25, -0.2) is 18.0 Å². The summed E-state index contributed by atoms with van der Waals surface area (Å²) in [6, 6.07) is -1.12. The van der Waals surface area contributed by atoms with E-state index in [2.05, 4.69) is 17.0 Å². The molecule has 14 nitrogen and oxygen atoms in total. The lowest BCUT2D eigenvalue weighted by molar-refractivity contribution is -0.151. The van der Waals surface area contributed by atoms with Crippen LogP contribution in [0.15, 0.2) is 0 Å². The molecule has 1 aromatic rings. The lowest BCUT2D eigenvalue weighted by atomic mass is 10.0. The molecule has 0 bridgehead atoms. The highest BCUT2D eigenvalue weighted by molar-refractivity contribution is 5.84. The third-order valence-corrected chi connectivity index (χ3v) is 9.93. The van der Waals surface area contributed by atoms with Gasteiger partial charge < -0.3 is 44.1 Å². The lowest BCUT2D eigenvalue weighted by Gasteiger charge is -2.29. The van der Waals surface area contributed by atoms with E-state index >= 15 is 0 Å². The molecule has 0 saturated carbocycles. The molecular weight excluding hydrogens is 843 g/mol. The van der Waals surface area contributed by atoms with Gasteiger partial charge in [-0.3, -0.25) is 19.2 Å². The summed E-state index contributed by atoms with van der Waals surface area (Å²) in [5.41, 5.74) is 0. The van der Waals surface area contributed by atoms with Gasteiger partial charge in [-0.05, 0) is 25.7 Å². The molecule has 0 unspecified atom stereocenters. The fourth-order valence-corrected chi connectivity index (χ4v) is 6.42. The molecule has 0 aliphatic heterocycles. The van der Waals surface area contributed by atoms with Crippen LogP contribution in [-0.2, 0) is 42.9 Å². The number of carbonyl (C=O) groups excluding carboxylic acids is 3. The number of carbonyl (C=O) groups is 5. The molecular formula is C44H69F5N2O12. The van der Waals surface area contributed by atoms with Crippen LogP contribution in [0.25, 0.3) is 0 Å². The number of nitrogens with zero attached hydrogens (tertiary/aromatic N) is 1. The van der Waals surface area contributed by atoms with E-state index in [-0.39, 0.29) is 96.9 Å². The number of hydrogen-bond acceptors (Lipinski definition) is 10. The van der Waals surface area contributed by atoms with Crippen molar-refractivity contribution in [3.63, 3.8) is 0 Å². The lowest BCUT2D eigenvalue weighted by Crippen LogP contribution is -2.46. The van der Waals surface area contributed by atoms with E-state index in [1.807, 2.05) is 0 Å². The summed E-state index contributed by atoms with van der Waals surface area (Å²) in [7, 11) is 0. The van der Waals surface area contributed by atoms with Gasteiger partial charge in [-0.2, -0.15) is 8.78 Å². The van der Waals surface area contributed by atoms with Crippen molar-refractivity contribution in [2.24, 2.45) is 0 Å². The van der Waals surface area contributed by atoms with Gasteiger partial charge in [-0.1, -0.05) is 90.4 Å². The van der Waals surface area contributed by atoms with Crippen molar-refractivity contribution in [3.05, 3.63) is 29.1 Å². The Balaban J connectivity index is 2.28. The predicted octanol–water partition coefficient (Wildman–Crippen LogP) is 8.05. The third kappa shape index (κ3) is 27.1. The first kappa shape index (κ1) is 57.1. The molecule has 0 saturated heterocycles. The number of esters is 1. The number of rotatable bonds is 41. The number of benzene rings is 1. The second kappa shape index (κ2) is 36.4. The van der Waals surface area contributed by atoms with Crippen LogP contribution in [0.4, 0.5) is 22.0 Å². The molecule has 0 aliphatic carbocycles.